The normalized spacial score (nSPS) is 13.2. The predicted octanol–water partition coefficient (Wildman–Crippen LogP) is 16.2. The van der Waals surface area contributed by atoms with Crippen molar-refractivity contribution in [3.63, 3.8) is 0 Å². The molecule has 1 heterocycles. The molecular weight excluding hydrogens is 1170 g/mol. The fourth-order valence-electron chi connectivity index (χ4n) is 9.34. The molecule has 0 atom stereocenters. The van der Waals surface area contributed by atoms with Crippen LogP contribution in [-0.4, -0.2) is 11.9 Å². The van der Waals surface area contributed by atoms with Gasteiger partial charge in [-0.3, -0.25) is 4.79 Å². The number of aryl methyl sites for hydroxylation is 1. The number of alkyl halides is 24. The highest BCUT2D eigenvalue weighted by molar-refractivity contribution is 7.20. The van der Waals surface area contributed by atoms with Crippen molar-refractivity contribution in [2.24, 2.45) is 0 Å². The van der Waals surface area contributed by atoms with E-state index in [0.717, 1.165) is 27.7 Å². The highest BCUT2D eigenvalue weighted by Crippen LogP contribution is 2.42. The van der Waals surface area contributed by atoms with Gasteiger partial charge in [0, 0.05) is 28.6 Å². The van der Waals surface area contributed by atoms with E-state index in [4.69, 9.17) is 0 Å². The molecule has 7 aromatic carbocycles. The minimum Gasteiger partial charge on any atom is -0.287 e. The second kappa shape index (κ2) is 22.0. The van der Waals surface area contributed by atoms with E-state index in [2.05, 4.69) is 60.0 Å². The number of rotatable bonds is 8. The molecule has 27 heteroatoms. The van der Waals surface area contributed by atoms with E-state index in [1.54, 1.807) is 0 Å². The monoisotopic (exact) mass is 1200 g/mol. The van der Waals surface area contributed by atoms with Gasteiger partial charge in [0.05, 0.1) is 44.5 Å². The first-order valence-electron chi connectivity index (χ1n) is 23.4. The molecule has 0 N–H and O–H groups in total. The number of nitrogens with zero attached hydrogens (tertiary/aromatic N) is 1. The summed E-state index contributed by atoms with van der Waals surface area (Å²) in [6.45, 7) is 2.39. The zero-order chi connectivity index (χ0) is 61.8. The number of halogens is 24. The van der Waals surface area contributed by atoms with Gasteiger partial charge in [0.1, 0.15) is 6.15 Å². The van der Waals surface area contributed by atoms with Gasteiger partial charge in [0.2, 0.25) is 23.5 Å². The molecule has 1 aromatic heterocycles. The van der Waals surface area contributed by atoms with Crippen LogP contribution >= 0.6 is 0 Å². The first-order chi connectivity index (χ1) is 38.0. The molecule has 0 saturated carbocycles. The summed E-state index contributed by atoms with van der Waals surface area (Å²) in [6.07, 6.45) is -54.8. The van der Waals surface area contributed by atoms with Crippen LogP contribution in [-0.2, 0) is 56.0 Å². The average molecular weight is 1200 g/mol. The maximum atomic E-state index is 14.2. The van der Waals surface area contributed by atoms with Crippen molar-refractivity contribution >= 4 is 44.7 Å². The lowest BCUT2D eigenvalue weighted by atomic mass is 9.12. The molecule has 0 spiro atoms. The number of Topliss-reactive ketones (excluding diaryl/α,β-unsaturated/α-hetero) is 1. The summed E-state index contributed by atoms with van der Waals surface area (Å²) in [7, 11) is 0. The highest BCUT2D eigenvalue weighted by Gasteiger charge is 2.47. The number of hydrogen-bond acceptors (Lipinski definition) is 1. The number of ketones is 1. The minimum absolute atomic E-state index is 0.111. The number of hydrogen-bond donors (Lipinski definition) is 0. The summed E-state index contributed by atoms with van der Waals surface area (Å²) in [5.41, 5.74) is -25.0. The van der Waals surface area contributed by atoms with Crippen LogP contribution in [0.1, 0.15) is 60.4 Å². The minimum atomic E-state index is -6.13. The second-order valence-electron chi connectivity index (χ2n) is 18.7. The van der Waals surface area contributed by atoms with Gasteiger partial charge in [-0.25, -0.2) is 0 Å². The Bertz CT molecular complexity index is 3240. The largest absolute Gasteiger partial charge is 0.416 e. The van der Waals surface area contributed by atoms with E-state index in [1.807, 2.05) is 42.5 Å². The Balaban J connectivity index is 0.000000313. The molecule has 8 rings (SSSR count). The van der Waals surface area contributed by atoms with Crippen LogP contribution in [0.15, 0.2) is 164 Å². The topological polar surface area (TPSA) is 20.9 Å². The molecule has 0 aliphatic heterocycles. The Morgan fingerprint density at radius 1 is 0.349 bits per heavy atom. The summed E-state index contributed by atoms with van der Waals surface area (Å²) in [4.78, 5) is 12.9. The third-order valence-electron chi connectivity index (χ3n) is 13.1. The van der Waals surface area contributed by atoms with Crippen LogP contribution in [0.5, 0.6) is 0 Å². The van der Waals surface area contributed by atoms with Crippen molar-refractivity contribution in [2.75, 3.05) is 0 Å². The van der Waals surface area contributed by atoms with Crippen molar-refractivity contribution in [2.45, 2.75) is 62.9 Å². The van der Waals surface area contributed by atoms with Crippen LogP contribution in [0.2, 0.25) is 0 Å². The van der Waals surface area contributed by atoms with Crippen LogP contribution in [0.4, 0.5) is 105 Å². The summed E-state index contributed by atoms with van der Waals surface area (Å²) >= 11 is 0. The second-order valence-corrected chi connectivity index (χ2v) is 18.7. The number of pyridine rings is 1. The molecule has 0 aliphatic rings. The standard InChI is InChI=1S/C32H12BF24.C24H20NO/c34-25(35,36)13-1-14(26(37,38)39)6-21(5-13)33(22-7-15(27(40,41)42)2-16(8-22)28(43,44)45,23-9-17(29(46,47)48)3-18(10-23)30(49,50)51)24-11-19(31(52,53)54)4-20(12-24)32(55,56)57;1-18-11-13-20(14-12-18)23-16-15-19-7-5-6-10-22(19)25(23)17-24(26)21-8-3-2-4-9-21/h1-12H;2-16H,17H2,1H3/q-1;+1. The number of para-hydroxylation sites is 1. The average Bonchev–Trinajstić information content (AvgIpc) is 1.23. The Labute approximate surface area is 452 Å². The van der Waals surface area contributed by atoms with Crippen molar-refractivity contribution in [1.82, 2.24) is 0 Å². The summed E-state index contributed by atoms with van der Waals surface area (Å²) in [5.74, 6) is 0.111. The van der Waals surface area contributed by atoms with Gasteiger partial charge in [-0.15, -0.1) is 0 Å². The molecule has 2 nitrogen and oxygen atoms in total. The summed E-state index contributed by atoms with van der Waals surface area (Å²) in [6, 6.07) is 21.5. The Morgan fingerprint density at radius 3 is 0.940 bits per heavy atom. The maximum Gasteiger partial charge on any atom is 0.416 e. The molecule has 0 aliphatic carbocycles. The lowest BCUT2D eigenvalue weighted by Gasteiger charge is -2.46. The smallest absolute Gasteiger partial charge is 0.287 e. The fourth-order valence-corrected chi connectivity index (χ4v) is 9.34. The van der Waals surface area contributed by atoms with Gasteiger partial charge < -0.3 is 0 Å². The van der Waals surface area contributed by atoms with Crippen LogP contribution < -0.4 is 26.4 Å². The van der Waals surface area contributed by atoms with Gasteiger partial charge in [0.25, 0.3) is 0 Å². The van der Waals surface area contributed by atoms with Crippen LogP contribution in [0, 0.1) is 6.92 Å². The number of carbonyl (C=O) groups is 1. The van der Waals surface area contributed by atoms with Crippen LogP contribution in [0.25, 0.3) is 22.2 Å². The molecule has 438 valence electrons. The SMILES string of the molecule is Cc1ccc(-c2ccc3ccccc3[n+]2CC(=O)c2ccccc2)cc1.FC(F)(F)c1cc([B-](c2cc(C(F)(F)F)cc(C(F)(F)F)c2)(c2cc(C(F)(F)F)cc(C(F)(F)F)c2)c2cc(C(F)(F)F)cc(C(F)(F)F)c2)cc(C(F)(F)F)c1. The first kappa shape index (κ1) is 62.6. The Kier molecular flexibility index (Phi) is 16.6. The van der Waals surface area contributed by atoms with E-state index in [0.29, 0.717) is 6.54 Å². The molecule has 0 fully saturated rings. The molecule has 0 amide bonds. The number of carbonyl (C=O) groups excluding carboxylic acids is 1. The maximum absolute atomic E-state index is 14.2. The van der Waals surface area contributed by atoms with Gasteiger partial charge >= 0.3 is 49.4 Å². The molecule has 8 aromatic rings. The molecule has 0 saturated heterocycles. The molecule has 0 unspecified atom stereocenters. The lowest BCUT2D eigenvalue weighted by molar-refractivity contribution is -0.646. The summed E-state index contributed by atoms with van der Waals surface area (Å²) in [5, 5.41) is 1.13. The Morgan fingerprint density at radius 2 is 0.639 bits per heavy atom. The van der Waals surface area contributed by atoms with Gasteiger partial charge in [-0.2, -0.15) is 132 Å². The number of aromatic nitrogens is 1. The first-order valence-corrected chi connectivity index (χ1v) is 23.4. The summed E-state index contributed by atoms with van der Waals surface area (Å²) < 4.78 is 343. The van der Waals surface area contributed by atoms with E-state index in [1.165, 1.54) is 5.56 Å². The van der Waals surface area contributed by atoms with E-state index in [-0.39, 0.29) is 5.78 Å². The molecular formula is C56H32BF24NO. The van der Waals surface area contributed by atoms with Gasteiger partial charge in [-0.1, -0.05) is 109 Å². The third kappa shape index (κ3) is 13.9. The van der Waals surface area contributed by atoms with Crippen LogP contribution in [0.3, 0.4) is 0 Å². The highest BCUT2D eigenvalue weighted by atomic mass is 19.4. The lowest BCUT2D eigenvalue weighted by Crippen LogP contribution is -2.75. The quantitative estimate of drug-likeness (QED) is 0.0643. The zero-order valence-corrected chi connectivity index (χ0v) is 41.3. The van der Waals surface area contributed by atoms with E-state index < -0.39 is 195 Å². The number of fused-ring (bicyclic) bond motifs is 1. The van der Waals surface area contributed by atoms with Crippen molar-refractivity contribution < 1.29 is 115 Å². The van der Waals surface area contributed by atoms with Crippen molar-refractivity contribution in [1.29, 1.82) is 0 Å². The third-order valence-corrected chi connectivity index (χ3v) is 13.1. The van der Waals surface area contributed by atoms with Crippen molar-refractivity contribution in [3.05, 3.63) is 219 Å². The zero-order valence-electron chi connectivity index (χ0n) is 41.3. The number of benzene rings is 7. The van der Waals surface area contributed by atoms with Crippen molar-refractivity contribution in [3.8, 4) is 11.3 Å². The molecule has 83 heavy (non-hydrogen) atoms. The van der Waals surface area contributed by atoms with Gasteiger partial charge in [0.15, 0.2) is 0 Å². The Hall–Kier alpha value is -8.00. The predicted molar refractivity (Wildman–Crippen MR) is 255 cm³/mol. The van der Waals surface area contributed by atoms with Gasteiger partial charge in [-0.05, 0) is 55.5 Å². The van der Waals surface area contributed by atoms with E-state index >= 15 is 0 Å². The van der Waals surface area contributed by atoms with E-state index in [9.17, 15) is 110 Å². The molecule has 0 bridgehead atoms. The fraction of sp³-hybridized carbons (Fsp3) is 0.179. The molecule has 0 radical (unpaired) electrons.